The molecule has 0 unspecified atom stereocenters. The van der Waals surface area contributed by atoms with Crippen LogP contribution in [0.1, 0.15) is 158 Å². The molecule has 0 fully saturated rings. The number of aromatic nitrogens is 3. The highest BCUT2D eigenvalue weighted by atomic mass is 16.5. The van der Waals surface area contributed by atoms with Gasteiger partial charge in [-0.3, -0.25) is 10.0 Å². The Morgan fingerprint density at radius 3 is 1.17 bits per heavy atom. The van der Waals surface area contributed by atoms with Crippen molar-refractivity contribution in [2.24, 2.45) is 0 Å². The average Bonchev–Trinajstić information content (AvgIpc) is 1.74. The summed E-state index contributed by atoms with van der Waals surface area (Å²) in [5.41, 5.74) is 13.1. The van der Waals surface area contributed by atoms with Gasteiger partial charge in [-0.15, -0.1) is 15.0 Å². The fourth-order valence-corrected chi connectivity index (χ4v) is 11.8. The van der Waals surface area contributed by atoms with Gasteiger partial charge >= 0.3 is 17.9 Å². The van der Waals surface area contributed by atoms with Crippen LogP contribution in [0.2, 0.25) is 0 Å². The summed E-state index contributed by atoms with van der Waals surface area (Å²) in [6.07, 6.45) is 0. The van der Waals surface area contributed by atoms with Crippen molar-refractivity contribution >= 4 is 58.7 Å². The normalized spacial score (nSPS) is 15.4. The van der Waals surface area contributed by atoms with E-state index in [1.807, 2.05) is 113 Å². The zero-order chi connectivity index (χ0) is 62.8. The van der Waals surface area contributed by atoms with E-state index in [-0.39, 0.29) is 34.1 Å². The number of ether oxygens (including phenoxy) is 2. The summed E-state index contributed by atoms with van der Waals surface area (Å²) in [4.78, 5) is 77.1. The first-order valence-electron chi connectivity index (χ1n) is 27.7. The standard InChI is InChI=1S/C19H19N3O2.C18H18N4O2.C18H17N3O2.C12H15NO2/c1-12-9-10-16(21-17(12)20-4)22-11-14-13(18(23)24-5)7-6-8-15(14)19(22,2)3;1-11-8-9-15(20-16(11)19-4)22-10-13-12(17(23)21-24)6-5-7-14(13)18(22,2)3;1-11-8-9-15(20-16(11)19-4)21-10-13-12(17(22)23)6-5-7-14(13)18(21,2)3;1-12(2)10-6-4-5-8(11(14)15-3)9(10)7-13-12/h6-10H,11H2,1-3,5H3;5-9,24H,10H2,1-3H3,(H,21,23);5-9H,10H2,1-3H3,(H,22,23);4-6,13H,7H2,1-3H3. The summed E-state index contributed by atoms with van der Waals surface area (Å²) in [5, 5.41) is 21.8. The van der Waals surface area contributed by atoms with E-state index in [1.54, 1.807) is 29.7 Å². The van der Waals surface area contributed by atoms with Gasteiger partial charge < -0.3 is 49.1 Å². The quantitative estimate of drug-likeness (QED) is 0.0506. The van der Waals surface area contributed by atoms with E-state index in [1.165, 1.54) is 19.8 Å². The Kier molecular flexibility index (Phi) is 17.5. The number of benzene rings is 4. The minimum Gasteiger partial charge on any atom is -0.478 e. The molecule has 0 atom stereocenters. The molecule has 4 aliphatic rings. The Balaban J connectivity index is 0.000000151. The molecule has 440 valence electrons. The van der Waals surface area contributed by atoms with Gasteiger partial charge in [0, 0.05) is 55.5 Å². The number of aromatic carboxylic acids is 1. The molecule has 11 rings (SSSR count). The van der Waals surface area contributed by atoms with E-state index in [4.69, 9.17) is 34.4 Å². The lowest BCUT2D eigenvalue weighted by Crippen LogP contribution is -2.35. The number of carbonyl (C=O) groups excluding carboxylic acids is 3. The van der Waals surface area contributed by atoms with Crippen molar-refractivity contribution in [3.63, 3.8) is 0 Å². The van der Waals surface area contributed by atoms with E-state index in [2.05, 4.69) is 97.1 Å². The molecule has 19 heteroatoms. The summed E-state index contributed by atoms with van der Waals surface area (Å²) in [5.74, 6) is 1.27. The molecule has 0 saturated heterocycles. The average molecular weight is 1160 g/mol. The Bertz CT molecular complexity index is 3850. The lowest BCUT2D eigenvalue weighted by molar-refractivity contribution is 0.0590. The van der Waals surface area contributed by atoms with Gasteiger partial charge in [-0.25, -0.2) is 19.9 Å². The zero-order valence-corrected chi connectivity index (χ0v) is 50.6. The van der Waals surface area contributed by atoms with Gasteiger partial charge in [0.25, 0.3) is 23.4 Å². The van der Waals surface area contributed by atoms with Crippen LogP contribution in [0.15, 0.2) is 109 Å². The summed E-state index contributed by atoms with van der Waals surface area (Å²) in [6.45, 7) is 46.2. The second kappa shape index (κ2) is 24.3. The number of anilines is 3. The molecule has 0 bridgehead atoms. The Labute approximate surface area is 501 Å². The Morgan fingerprint density at radius 2 is 0.826 bits per heavy atom. The van der Waals surface area contributed by atoms with Crippen molar-refractivity contribution in [2.75, 3.05) is 28.9 Å². The maximum absolute atomic E-state index is 12.1. The van der Waals surface area contributed by atoms with E-state index < -0.39 is 11.9 Å². The van der Waals surface area contributed by atoms with Crippen molar-refractivity contribution in [1.82, 2.24) is 25.7 Å². The number of rotatable bonds is 7. The number of hydroxylamine groups is 1. The zero-order valence-electron chi connectivity index (χ0n) is 50.6. The van der Waals surface area contributed by atoms with Crippen LogP contribution in [0.4, 0.5) is 34.9 Å². The molecule has 0 radical (unpaired) electrons. The second-order valence-corrected chi connectivity index (χ2v) is 23.2. The summed E-state index contributed by atoms with van der Waals surface area (Å²) >= 11 is 0. The molecule has 86 heavy (non-hydrogen) atoms. The number of hydrogen-bond donors (Lipinski definition) is 4. The number of carboxylic acid groups (broad SMARTS) is 1. The van der Waals surface area contributed by atoms with Crippen LogP contribution >= 0.6 is 0 Å². The molecule has 1 amide bonds. The van der Waals surface area contributed by atoms with E-state index in [0.29, 0.717) is 71.0 Å². The number of amides is 1. The first-order chi connectivity index (χ1) is 40.7. The largest absolute Gasteiger partial charge is 0.478 e. The molecule has 7 aromatic rings. The molecule has 4 N–H and O–H groups in total. The third kappa shape index (κ3) is 11.5. The molecule has 3 aromatic heterocycles. The number of carbonyl (C=O) groups is 4. The molecule has 0 spiro atoms. The van der Waals surface area contributed by atoms with Crippen molar-refractivity contribution in [1.29, 1.82) is 0 Å². The third-order valence-corrected chi connectivity index (χ3v) is 16.7. The molecular formula is C67H69N11O8. The van der Waals surface area contributed by atoms with Gasteiger partial charge in [0.05, 0.1) is 47.5 Å². The third-order valence-electron chi connectivity index (χ3n) is 16.7. The highest BCUT2D eigenvalue weighted by Gasteiger charge is 2.44. The van der Waals surface area contributed by atoms with Gasteiger partial charge in [0.15, 0.2) is 0 Å². The fourth-order valence-electron chi connectivity index (χ4n) is 11.8. The number of pyridine rings is 3. The minimum absolute atomic E-state index is 0.0562. The molecule has 19 nitrogen and oxygen atoms in total. The topological polar surface area (TPSA) is 213 Å². The summed E-state index contributed by atoms with van der Waals surface area (Å²) in [7, 11) is 2.80. The van der Waals surface area contributed by atoms with Gasteiger partial charge in [0.2, 0.25) is 17.5 Å². The minimum atomic E-state index is -0.918. The summed E-state index contributed by atoms with van der Waals surface area (Å²) in [6, 6.07) is 33.7. The van der Waals surface area contributed by atoms with Crippen molar-refractivity contribution < 1.29 is 39.0 Å². The van der Waals surface area contributed by atoms with Gasteiger partial charge in [-0.05, 0) is 162 Å². The second-order valence-electron chi connectivity index (χ2n) is 23.2. The SMILES string of the molecule is COC(=O)c1cccc2c1CNC2(C)C.[C-]#[N+]c1nc(N2Cc3c(C(=O)NO)cccc3C2(C)C)ccc1C.[C-]#[N+]c1nc(N2Cc3c(C(=O)O)cccc3C2(C)C)ccc1C.[C-]#[N+]c1nc(N2Cc3c(C(=O)OC)cccc3C2(C)C)ccc1C. The lowest BCUT2D eigenvalue weighted by Gasteiger charge is -2.31. The Hall–Kier alpha value is -10.0. The first-order valence-corrected chi connectivity index (χ1v) is 27.7. The molecule has 4 aromatic carbocycles. The van der Waals surface area contributed by atoms with Crippen LogP contribution in [0.3, 0.4) is 0 Å². The van der Waals surface area contributed by atoms with Crippen LogP contribution in [-0.4, -0.2) is 63.3 Å². The number of aryl methyl sites for hydroxylation is 3. The maximum Gasteiger partial charge on any atom is 0.338 e. The van der Waals surface area contributed by atoms with Gasteiger partial charge in [-0.1, -0.05) is 86.4 Å². The number of nitrogens with one attached hydrogen (secondary N) is 2. The van der Waals surface area contributed by atoms with Crippen molar-refractivity contribution in [2.45, 2.75) is 124 Å². The molecule has 0 aliphatic carbocycles. The highest BCUT2D eigenvalue weighted by molar-refractivity contribution is 5.96. The van der Waals surface area contributed by atoms with E-state index in [9.17, 15) is 24.3 Å². The van der Waals surface area contributed by atoms with Gasteiger partial charge in [-0.2, -0.15) is 0 Å². The number of fused-ring (bicyclic) bond motifs is 4. The number of nitrogens with zero attached hydrogens (tertiary/aromatic N) is 9. The maximum atomic E-state index is 12.1. The fraction of sp³-hybridized carbons (Fsp3) is 0.313. The predicted octanol–water partition coefficient (Wildman–Crippen LogP) is 13.0. The smallest absolute Gasteiger partial charge is 0.338 e. The Morgan fingerprint density at radius 1 is 0.500 bits per heavy atom. The van der Waals surface area contributed by atoms with Crippen LogP contribution in [0, 0.1) is 40.5 Å². The van der Waals surface area contributed by atoms with Gasteiger partial charge in [0.1, 0.15) is 0 Å². The molecule has 7 heterocycles. The molecular weight excluding hydrogens is 1090 g/mol. The van der Waals surface area contributed by atoms with Crippen molar-refractivity contribution in [3.8, 4) is 0 Å². The number of methoxy groups -OCH3 is 2. The predicted molar refractivity (Wildman–Crippen MR) is 328 cm³/mol. The van der Waals surface area contributed by atoms with Crippen LogP contribution in [0.5, 0.6) is 0 Å². The lowest BCUT2D eigenvalue weighted by atomic mass is 9.91. The number of esters is 2. The van der Waals surface area contributed by atoms with Crippen LogP contribution < -0.4 is 25.5 Å². The highest BCUT2D eigenvalue weighted by Crippen LogP contribution is 2.46. The van der Waals surface area contributed by atoms with Crippen LogP contribution in [-0.2, 0) is 57.8 Å². The molecule has 0 saturated carbocycles. The van der Waals surface area contributed by atoms with Crippen LogP contribution in [0.25, 0.3) is 14.5 Å². The number of hydrogen-bond acceptors (Lipinski definition) is 14. The van der Waals surface area contributed by atoms with Crippen molar-refractivity contribution in [3.05, 3.63) is 227 Å². The monoisotopic (exact) mass is 1160 g/mol. The molecule has 4 aliphatic heterocycles. The first kappa shape index (κ1) is 62.1. The summed E-state index contributed by atoms with van der Waals surface area (Å²) < 4.78 is 9.67. The number of carboxylic acids is 1. The van der Waals surface area contributed by atoms with E-state index in [0.717, 1.165) is 68.0 Å². The van der Waals surface area contributed by atoms with E-state index >= 15 is 0 Å².